The molecule has 1 aromatic rings. The SMILES string of the molecule is COCCN(c1c(Cl)cccc1CNCC(C)C)C(C)C. The highest BCUT2D eigenvalue weighted by Crippen LogP contribution is 2.31. The second-order valence-electron chi connectivity index (χ2n) is 6.05. The molecule has 1 rings (SSSR count). The molecule has 0 atom stereocenters. The van der Waals surface area contributed by atoms with Gasteiger partial charge in [0, 0.05) is 26.2 Å². The first-order valence-electron chi connectivity index (χ1n) is 7.71. The summed E-state index contributed by atoms with van der Waals surface area (Å²) >= 11 is 6.48. The summed E-state index contributed by atoms with van der Waals surface area (Å²) in [5.41, 5.74) is 2.37. The largest absolute Gasteiger partial charge is 0.383 e. The quantitative estimate of drug-likeness (QED) is 0.747. The highest BCUT2D eigenvalue weighted by atomic mass is 35.5. The molecule has 0 aliphatic carbocycles. The van der Waals surface area contributed by atoms with Gasteiger partial charge < -0.3 is 15.0 Å². The maximum Gasteiger partial charge on any atom is 0.0643 e. The fourth-order valence-electron chi connectivity index (χ4n) is 2.34. The maximum atomic E-state index is 6.48. The van der Waals surface area contributed by atoms with E-state index in [1.165, 1.54) is 5.56 Å². The van der Waals surface area contributed by atoms with Crippen molar-refractivity contribution >= 4 is 17.3 Å². The van der Waals surface area contributed by atoms with E-state index >= 15 is 0 Å². The number of anilines is 1. The minimum Gasteiger partial charge on any atom is -0.383 e. The Bertz CT molecular complexity index is 421. The molecule has 3 nitrogen and oxygen atoms in total. The monoisotopic (exact) mass is 312 g/mol. The third-order valence-electron chi connectivity index (χ3n) is 3.39. The van der Waals surface area contributed by atoms with Crippen LogP contribution in [0.2, 0.25) is 5.02 Å². The molecular weight excluding hydrogens is 284 g/mol. The van der Waals surface area contributed by atoms with Gasteiger partial charge >= 0.3 is 0 Å². The van der Waals surface area contributed by atoms with Gasteiger partial charge in [-0.1, -0.05) is 37.6 Å². The van der Waals surface area contributed by atoms with Crippen LogP contribution in [-0.2, 0) is 11.3 Å². The molecule has 0 unspecified atom stereocenters. The van der Waals surface area contributed by atoms with E-state index in [9.17, 15) is 0 Å². The van der Waals surface area contributed by atoms with E-state index in [0.717, 1.165) is 30.3 Å². The Morgan fingerprint density at radius 1 is 1.24 bits per heavy atom. The molecule has 0 fully saturated rings. The van der Waals surface area contributed by atoms with Gasteiger partial charge in [-0.2, -0.15) is 0 Å². The zero-order valence-corrected chi connectivity index (χ0v) is 14.7. The second kappa shape index (κ2) is 9.29. The summed E-state index contributed by atoms with van der Waals surface area (Å²) in [5, 5.41) is 4.31. The van der Waals surface area contributed by atoms with Crippen LogP contribution in [0.1, 0.15) is 33.3 Å². The van der Waals surface area contributed by atoms with Gasteiger partial charge in [0.25, 0.3) is 0 Å². The Morgan fingerprint density at radius 3 is 2.52 bits per heavy atom. The van der Waals surface area contributed by atoms with Crippen LogP contribution in [-0.4, -0.2) is 32.8 Å². The summed E-state index contributed by atoms with van der Waals surface area (Å²) in [6.07, 6.45) is 0. The fourth-order valence-corrected chi connectivity index (χ4v) is 2.64. The average Bonchev–Trinajstić information content (AvgIpc) is 2.40. The molecule has 0 bridgehead atoms. The molecule has 1 N–H and O–H groups in total. The third-order valence-corrected chi connectivity index (χ3v) is 3.69. The van der Waals surface area contributed by atoms with E-state index in [1.807, 2.05) is 12.1 Å². The van der Waals surface area contributed by atoms with Crippen molar-refractivity contribution in [3.05, 3.63) is 28.8 Å². The molecule has 0 saturated carbocycles. The van der Waals surface area contributed by atoms with E-state index in [2.05, 4.69) is 44.0 Å². The number of hydrogen-bond acceptors (Lipinski definition) is 3. The number of rotatable bonds is 9. The zero-order valence-electron chi connectivity index (χ0n) is 13.9. The van der Waals surface area contributed by atoms with Crippen molar-refractivity contribution in [1.82, 2.24) is 5.32 Å². The van der Waals surface area contributed by atoms with Gasteiger partial charge in [0.15, 0.2) is 0 Å². The van der Waals surface area contributed by atoms with Crippen LogP contribution in [0.4, 0.5) is 5.69 Å². The Balaban J connectivity index is 2.95. The van der Waals surface area contributed by atoms with E-state index in [1.54, 1.807) is 7.11 Å². The van der Waals surface area contributed by atoms with Gasteiger partial charge in [0.05, 0.1) is 17.3 Å². The first-order valence-corrected chi connectivity index (χ1v) is 8.08. The van der Waals surface area contributed by atoms with E-state index in [4.69, 9.17) is 16.3 Å². The Kier molecular flexibility index (Phi) is 8.09. The van der Waals surface area contributed by atoms with Gasteiger partial charge in [0.2, 0.25) is 0 Å². The van der Waals surface area contributed by atoms with Gasteiger partial charge in [0.1, 0.15) is 0 Å². The van der Waals surface area contributed by atoms with Crippen LogP contribution in [0.25, 0.3) is 0 Å². The van der Waals surface area contributed by atoms with Crippen molar-refractivity contribution in [3.63, 3.8) is 0 Å². The molecule has 1 aromatic carbocycles. The number of nitrogens with zero attached hydrogens (tertiary/aromatic N) is 1. The molecule has 0 amide bonds. The summed E-state index contributed by atoms with van der Waals surface area (Å²) < 4.78 is 5.24. The van der Waals surface area contributed by atoms with Crippen LogP contribution >= 0.6 is 11.6 Å². The predicted molar refractivity (Wildman–Crippen MR) is 92.4 cm³/mol. The molecule has 0 aromatic heterocycles. The molecule has 120 valence electrons. The first kappa shape index (κ1) is 18.3. The standard InChI is InChI=1S/C17H29ClN2O/c1-13(2)11-19-12-15-7-6-8-16(18)17(15)20(14(3)4)9-10-21-5/h6-8,13-14,19H,9-12H2,1-5H3. The Labute approximate surface area is 134 Å². The molecular formula is C17H29ClN2O. The highest BCUT2D eigenvalue weighted by molar-refractivity contribution is 6.33. The third kappa shape index (κ3) is 5.85. The van der Waals surface area contributed by atoms with Crippen LogP contribution in [0.5, 0.6) is 0 Å². The van der Waals surface area contributed by atoms with Gasteiger partial charge in [-0.25, -0.2) is 0 Å². The summed E-state index contributed by atoms with van der Waals surface area (Å²) in [6, 6.07) is 6.51. The molecule has 0 aliphatic rings. The van der Waals surface area contributed by atoms with Crippen molar-refractivity contribution in [1.29, 1.82) is 0 Å². The summed E-state index contributed by atoms with van der Waals surface area (Å²) in [6.45, 7) is 12.2. The Hall–Kier alpha value is -0.770. The summed E-state index contributed by atoms with van der Waals surface area (Å²) in [7, 11) is 1.73. The first-order chi connectivity index (χ1) is 9.97. The van der Waals surface area contributed by atoms with E-state index < -0.39 is 0 Å². The van der Waals surface area contributed by atoms with Gasteiger partial charge in [-0.3, -0.25) is 0 Å². The van der Waals surface area contributed by atoms with Crippen molar-refractivity contribution < 1.29 is 4.74 Å². The number of benzene rings is 1. The van der Waals surface area contributed by atoms with Gasteiger partial charge in [-0.15, -0.1) is 0 Å². The van der Waals surface area contributed by atoms with Crippen LogP contribution in [0.15, 0.2) is 18.2 Å². The number of methoxy groups -OCH3 is 1. The highest BCUT2D eigenvalue weighted by Gasteiger charge is 2.17. The minimum atomic E-state index is 0.379. The van der Waals surface area contributed by atoms with Crippen molar-refractivity contribution in [2.45, 2.75) is 40.3 Å². The summed E-state index contributed by atoms with van der Waals surface area (Å²) in [4.78, 5) is 2.32. The zero-order chi connectivity index (χ0) is 15.8. The maximum absolute atomic E-state index is 6.48. The normalized spacial score (nSPS) is 11.4. The molecule has 4 heteroatoms. The number of nitrogens with one attached hydrogen (secondary N) is 1. The van der Waals surface area contributed by atoms with Gasteiger partial charge in [-0.05, 0) is 37.9 Å². The second-order valence-corrected chi connectivity index (χ2v) is 6.46. The van der Waals surface area contributed by atoms with Crippen molar-refractivity contribution in [2.75, 3.05) is 31.7 Å². The van der Waals surface area contributed by atoms with E-state index in [-0.39, 0.29) is 0 Å². The summed E-state index contributed by atoms with van der Waals surface area (Å²) in [5.74, 6) is 0.641. The lowest BCUT2D eigenvalue weighted by atomic mass is 10.1. The fraction of sp³-hybridized carbons (Fsp3) is 0.647. The lowest BCUT2D eigenvalue weighted by Gasteiger charge is -2.31. The lowest BCUT2D eigenvalue weighted by molar-refractivity contribution is 0.204. The number of hydrogen-bond donors (Lipinski definition) is 1. The van der Waals surface area contributed by atoms with Crippen LogP contribution in [0.3, 0.4) is 0 Å². The lowest BCUT2D eigenvalue weighted by Crippen LogP contribution is -2.35. The molecule has 0 radical (unpaired) electrons. The number of para-hydroxylation sites is 1. The van der Waals surface area contributed by atoms with Crippen molar-refractivity contribution in [3.8, 4) is 0 Å². The smallest absolute Gasteiger partial charge is 0.0643 e. The molecule has 0 heterocycles. The number of halogens is 1. The molecule has 0 spiro atoms. The minimum absolute atomic E-state index is 0.379. The molecule has 21 heavy (non-hydrogen) atoms. The van der Waals surface area contributed by atoms with Crippen LogP contribution < -0.4 is 10.2 Å². The van der Waals surface area contributed by atoms with Crippen LogP contribution in [0, 0.1) is 5.92 Å². The predicted octanol–water partition coefficient (Wildman–Crippen LogP) is 3.95. The molecule has 0 saturated heterocycles. The topological polar surface area (TPSA) is 24.5 Å². The Morgan fingerprint density at radius 2 is 1.95 bits per heavy atom. The molecule has 0 aliphatic heterocycles. The average molecular weight is 313 g/mol. The van der Waals surface area contributed by atoms with Crippen molar-refractivity contribution in [2.24, 2.45) is 5.92 Å². The number of ether oxygens (including phenoxy) is 1. The van der Waals surface area contributed by atoms with E-state index in [0.29, 0.717) is 18.6 Å².